The summed E-state index contributed by atoms with van der Waals surface area (Å²) in [6, 6.07) is 9.69. The zero-order valence-corrected chi connectivity index (χ0v) is 11.9. The predicted octanol–water partition coefficient (Wildman–Crippen LogP) is 1.35. The van der Waals surface area contributed by atoms with E-state index in [4.69, 9.17) is 5.73 Å². The Kier molecular flexibility index (Phi) is 5.56. The second kappa shape index (κ2) is 7.41. The smallest absolute Gasteiger partial charge is 0.222 e. The third-order valence-corrected chi connectivity index (χ3v) is 4.18. The second-order valence-electron chi connectivity index (χ2n) is 5.57. The average Bonchev–Trinajstić information content (AvgIpc) is 2.49. The fourth-order valence-electron chi connectivity index (χ4n) is 3.00. The first-order chi connectivity index (χ1) is 9.72. The molecule has 1 heterocycles. The number of nitrogens with two attached hydrogens (primary N) is 1. The van der Waals surface area contributed by atoms with E-state index in [0.29, 0.717) is 6.54 Å². The minimum atomic E-state index is -0.333. The standard InChI is InChI=1S/C16H24N2O2/c17-16(20)14(11-18-9-5-2-6-10-18)15(12-19)13-7-3-1-4-8-13/h1,3-4,7-8,14-15,19H,2,5-6,9-12H2,(H2,17,20). The van der Waals surface area contributed by atoms with Gasteiger partial charge >= 0.3 is 0 Å². The molecule has 1 fully saturated rings. The number of likely N-dealkylation sites (tertiary alicyclic amines) is 1. The number of rotatable bonds is 6. The number of aliphatic hydroxyl groups excluding tert-OH is 1. The molecule has 0 radical (unpaired) electrons. The molecule has 0 aromatic heterocycles. The van der Waals surface area contributed by atoms with Crippen molar-refractivity contribution in [2.45, 2.75) is 25.2 Å². The minimum Gasteiger partial charge on any atom is -0.396 e. The maximum absolute atomic E-state index is 11.8. The molecule has 1 amide bonds. The van der Waals surface area contributed by atoms with E-state index in [2.05, 4.69) is 4.90 Å². The van der Waals surface area contributed by atoms with Crippen LogP contribution in [0.5, 0.6) is 0 Å². The van der Waals surface area contributed by atoms with E-state index < -0.39 is 0 Å². The van der Waals surface area contributed by atoms with Gasteiger partial charge in [-0.15, -0.1) is 0 Å². The summed E-state index contributed by atoms with van der Waals surface area (Å²) in [6.07, 6.45) is 3.63. The minimum absolute atomic E-state index is 0.0501. The number of nitrogens with zero attached hydrogens (tertiary/aromatic N) is 1. The molecule has 0 aliphatic carbocycles. The van der Waals surface area contributed by atoms with Gasteiger partial charge in [-0.05, 0) is 31.5 Å². The third kappa shape index (κ3) is 3.81. The van der Waals surface area contributed by atoms with Crippen LogP contribution >= 0.6 is 0 Å². The first kappa shape index (κ1) is 15.0. The van der Waals surface area contributed by atoms with Gasteiger partial charge in [0.25, 0.3) is 0 Å². The maximum Gasteiger partial charge on any atom is 0.222 e. The van der Waals surface area contributed by atoms with Crippen LogP contribution in [0.25, 0.3) is 0 Å². The summed E-state index contributed by atoms with van der Waals surface area (Å²) in [7, 11) is 0. The monoisotopic (exact) mass is 276 g/mol. The zero-order chi connectivity index (χ0) is 14.4. The SMILES string of the molecule is NC(=O)C(CN1CCCCC1)C(CO)c1ccccc1. The van der Waals surface area contributed by atoms with Gasteiger partial charge in [0, 0.05) is 12.5 Å². The molecule has 20 heavy (non-hydrogen) atoms. The third-order valence-electron chi connectivity index (χ3n) is 4.18. The maximum atomic E-state index is 11.8. The van der Waals surface area contributed by atoms with Crippen molar-refractivity contribution < 1.29 is 9.90 Å². The molecule has 1 aliphatic rings. The number of carbonyl (C=O) groups excluding carboxylic acids is 1. The Morgan fingerprint density at radius 1 is 1.20 bits per heavy atom. The molecule has 1 aliphatic heterocycles. The molecule has 2 rings (SSSR count). The Bertz CT molecular complexity index is 416. The van der Waals surface area contributed by atoms with Crippen LogP contribution in [0, 0.1) is 5.92 Å². The highest BCUT2D eigenvalue weighted by atomic mass is 16.3. The van der Waals surface area contributed by atoms with E-state index in [0.717, 1.165) is 18.7 Å². The molecule has 1 aromatic rings. The van der Waals surface area contributed by atoms with Crippen LogP contribution in [0.3, 0.4) is 0 Å². The van der Waals surface area contributed by atoms with Gasteiger partial charge in [-0.3, -0.25) is 4.79 Å². The fraction of sp³-hybridized carbons (Fsp3) is 0.562. The number of amides is 1. The molecule has 0 spiro atoms. The lowest BCUT2D eigenvalue weighted by molar-refractivity contribution is -0.123. The normalized spacial score (nSPS) is 19.4. The lowest BCUT2D eigenvalue weighted by Crippen LogP contribution is -2.42. The van der Waals surface area contributed by atoms with Crippen LogP contribution in [0.4, 0.5) is 0 Å². The molecule has 3 N–H and O–H groups in total. The van der Waals surface area contributed by atoms with Gasteiger partial charge in [0.05, 0.1) is 12.5 Å². The highest BCUT2D eigenvalue weighted by Crippen LogP contribution is 2.26. The van der Waals surface area contributed by atoms with Crippen molar-refractivity contribution >= 4 is 5.91 Å². The van der Waals surface area contributed by atoms with E-state index in [1.807, 2.05) is 30.3 Å². The summed E-state index contributed by atoms with van der Waals surface area (Å²) in [6.45, 7) is 2.65. The average molecular weight is 276 g/mol. The summed E-state index contributed by atoms with van der Waals surface area (Å²) in [4.78, 5) is 14.1. The largest absolute Gasteiger partial charge is 0.396 e. The number of benzene rings is 1. The Labute approximate surface area is 120 Å². The van der Waals surface area contributed by atoms with Crippen LogP contribution in [0.15, 0.2) is 30.3 Å². The lowest BCUT2D eigenvalue weighted by Gasteiger charge is -2.32. The number of primary amides is 1. The van der Waals surface area contributed by atoms with Crippen LogP contribution in [-0.4, -0.2) is 42.2 Å². The van der Waals surface area contributed by atoms with Gasteiger partial charge < -0.3 is 15.7 Å². The molecule has 0 bridgehead atoms. The lowest BCUT2D eigenvalue weighted by atomic mass is 9.85. The molecule has 4 heteroatoms. The van der Waals surface area contributed by atoms with E-state index >= 15 is 0 Å². The summed E-state index contributed by atoms with van der Waals surface area (Å²) in [5.74, 6) is -0.866. The van der Waals surface area contributed by atoms with Crippen molar-refractivity contribution in [3.05, 3.63) is 35.9 Å². The second-order valence-corrected chi connectivity index (χ2v) is 5.57. The number of piperidine rings is 1. The van der Waals surface area contributed by atoms with Gasteiger partial charge in [0.2, 0.25) is 5.91 Å². The molecule has 4 nitrogen and oxygen atoms in total. The van der Waals surface area contributed by atoms with Crippen molar-refractivity contribution in [2.75, 3.05) is 26.2 Å². The van der Waals surface area contributed by atoms with Gasteiger partial charge in [0.15, 0.2) is 0 Å². The number of hydrogen-bond donors (Lipinski definition) is 2. The highest BCUT2D eigenvalue weighted by Gasteiger charge is 2.29. The summed E-state index contributed by atoms with van der Waals surface area (Å²) in [5.41, 5.74) is 6.57. The Hall–Kier alpha value is -1.39. The molecule has 110 valence electrons. The van der Waals surface area contributed by atoms with E-state index in [9.17, 15) is 9.90 Å². The van der Waals surface area contributed by atoms with Gasteiger partial charge in [-0.1, -0.05) is 36.8 Å². The Balaban J connectivity index is 2.11. The number of hydrogen-bond acceptors (Lipinski definition) is 3. The van der Waals surface area contributed by atoms with Crippen LogP contribution < -0.4 is 5.73 Å². The van der Waals surface area contributed by atoms with Gasteiger partial charge in [0.1, 0.15) is 0 Å². The van der Waals surface area contributed by atoms with E-state index in [1.165, 1.54) is 19.3 Å². The van der Waals surface area contributed by atoms with Crippen molar-refractivity contribution in [3.8, 4) is 0 Å². The van der Waals surface area contributed by atoms with Crippen LogP contribution in [0.2, 0.25) is 0 Å². The Morgan fingerprint density at radius 2 is 1.85 bits per heavy atom. The fourth-order valence-corrected chi connectivity index (χ4v) is 3.00. The number of aliphatic hydroxyl groups is 1. The topological polar surface area (TPSA) is 66.6 Å². The summed E-state index contributed by atoms with van der Waals surface area (Å²) in [5, 5.41) is 9.70. The summed E-state index contributed by atoms with van der Waals surface area (Å²) >= 11 is 0. The molecule has 1 aromatic carbocycles. The molecule has 0 saturated carbocycles. The first-order valence-corrected chi connectivity index (χ1v) is 7.40. The molecular weight excluding hydrogens is 252 g/mol. The van der Waals surface area contributed by atoms with Crippen molar-refractivity contribution in [1.29, 1.82) is 0 Å². The molecule has 1 saturated heterocycles. The molecule has 2 unspecified atom stereocenters. The van der Waals surface area contributed by atoms with Gasteiger partial charge in [-0.2, -0.15) is 0 Å². The van der Waals surface area contributed by atoms with Crippen molar-refractivity contribution in [2.24, 2.45) is 11.7 Å². The first-order valence-electron chi connectivity index (χ1n) is 7.40. The molecular formula is C16H24N2O2. The molecule has 2 atom stereocenters. The van der Waals surface area contributed by atoms with Gasteiger partial charge in [-0.25, -0.2) is 0 Å². The zero-order valence-electron chi connectivity index (χ0n) is 11.9. The van der Waals surface area contributed by atoms with Crippen molar-refractivity contribution in [3.63, 3.8) is 0 Å². The Morgan fingerprint density at radius 3 is 2.40 bits per heavy atom. The highest BCUT2D eigenvalue weighted by molar-refractivity contribution is 5.78. The van der Waals surface area contributed by atoms with Crippen LogP contribution in [0.1, 0.15) is 30.7 Å². The van der Waals surface area contributed by atoms with E-state index in [1.54, 1.807) is 0 Å². The predicted molar refractivity (Wildman–Crippen MR) is 79.2 cm³/mol. The number of carbonyl (C=O) groups is 1. The quantitative estimate of drug-likeness (QED) is 0.824. The van der Waals surface area contributed by atoms with E-state index in [-0.39, 0.29) is 24.3 Å². The van der Waals surface area contributed by atoms with Crippen LogP contribution in [-0.2, 0) is 4.79 Å². The van der Waals surface area contributed by atoms with Crippen molar-refractivity contribution in [1.82, 2.24) is 4.90 Å². The summed E-state index contributed by atoms with van der Waals surface area (Å²) < 4.78 is 0.